The third-order valence-electron chi connectivity index (χ3n) is 3.13. The van der Waals surface area contributed by atoms with Crippen molar-refractivity contribution in [1.29, 1.82) is 0 Å². The number of carbonyl (C=O) groups excluding carboxylic acids is 1. The first-order valence-electron chi connectivity index (χ1n) is 6.44. The van der Waals surface area contributed by atoms with Crippen LogP contribution in [0.4, 0.5) is 0 Å². The van der Waals surface area contributed by atoms with Crippen LogP contribution in [0.2, 0.25) is 0 Å². The maximum atomic E-state index is 11.9. The van der Waals surface area contributed by atoms with Crippen molar-refractivity contribution < 1.29 is 4.79 Å². The van der Waals surface area contributed by atoms with E-state index >= 15 is 0 Å². The van der Waals surface area contributed by atoms with Crippen LogP contribution in [0.3, 0.4) is 0 Å². The van der Waals surface area contributed by atoms with Gasteiger partial charge in [0.1, 0.15) is 5.56 Å². The third kappa shape index (κ3) is 4.02. The summed E-state index contributed by atoms with van der Waals surface area (Å²) in [5.41, 5.74) is 0.695. The van der Waals surface area contributed by atoms with Crippen molar-refractivity contribution in [1.82, 2.24) is 10.3 Å². The summed E-state index contributed by atoms with van der Waals surface area (Å²) in [6.45, 7) is 8.03. The average molecular weight is 250 g/mol. The standard InChI is InChI=1S/C14H22N2O2/c1-5-9(2)6-11(4)16-14(18)12-8-15-10(3)7-13(12)17/h7-9,11H,5-6H2,1-4H3,(H,15,17)(H,16,18)/t9-,11-/m1/s1. The summed E-state index contributed by atoms with van der Waals surface area (Å²) in [5.74, 6) is 0.267. The summed E-state index contributed by atoms with van der Waals surface area (Å²) in [7, 11) is 0. The van der Waals surface area contributed by atoms with E-state index in [4.69, 9.17) is 0 Å². The van der Waals surface area contributed by atoms with Crippen LogP contribution < -0.4 is 10.7 Å². The van der Waals surface area contributed by atoms with Gasteiger partial charge in [-0.2, -0.15) is 0 Å². The molecule has 1 rings (SSSR count). The molecule has 0 radical (unpaired) electrons. The molecule has 0 spiro atoms. The van der Waals surface area contributed by atoms with Crippen molar-refractivity contribution in [2.75, 3.05) is 0 Å². The van der Waals surface area contributed by atoms with Gasteiger partial charge in [0.25, 0.3) is 5.91 Å². The van der Waals surface area contributed by atoms with Crippen LogP contribution >= 0.6 is 0 Å². The van der Waals surface area contributed by atoms with Crippen LogP contribution in [0.25, 0.3) is 0 Å². The van der Waals surface area contributed by atoms with E-state index in [2.05, 4.69) is 24.1 Å². The lowest BCUT2D eigenvalue weighted by atomic mass is 10.0. The quantitative estimate of drug-likeness (QED) is 0.841. The Bertz CT molecular complexity index is 465. The summed E-state index contributed by atoms with van der Waals surface area (Å²) in [6.07, 6.45) is 3.49. The number of nitrogens with one attached hydrogen (secondary N) is 2. The van der Waals surface area contributed by atoms with Crippen molar-refractivity contribution in [2.45, 2.75) is 46.6 Å². The molecule has 2 atom stereocenters. The Morgan fingerprint density at radius 1 is 1.44 bits per heavy atom. The normalized spacial score (nSPS) is 14.0. The number of carbonyl (C=O) groups is 1. The number of aromatic nitrogens is 1. The van der Waals surface area contributed by atoms with Crippen molar-refractivity contribution in [3.63, 3.8) is 0 Å². The monoisotopic (exact) mass is 250 g/mol. The second-order valence-corrected chi connectivity index (χ2v) is 5.02. The van der Waals surface area contributed by atoms with Gasteiger partial charge < -0.3 is 10.3 Å². The highest BCUT2D eigenvalue weighted by Gasteiger charge is 2.14. The molecule has 1 heterocycles. The van der Waals surface area contributed by atoms with Gasteiger partial charge in [0.05, 0.1) is 0 Å². The number of aryl methyl sites for hydroxylation is 1. The lowest BCUT2D eigenvalue weighted by Gasteiger charge is -2.17. The molecule has 100 valence electrons. The Labute approximate surface area is 108 Å². The molecule has 0 aliphatic rings. The van der Waals surface area contributed by atoms with Gasteiger partial charge in [0, 0.05) is 24.0 Å². The number of H-pyrrole nitrogens is 1. The van der Waals surface area contributed by atoms with Gasteiger partial charge >= 0.3 is 0 Å². The second kappa shape index (κ2) is 6.38. The molecule has 18 heavy (non-hydrogen) atoms. The summed E-state index contributed by atoms with van der Waals surface area (Å²) in [5, 5.41) is 2.86. The maximum Gasteiger partial charge on any atom is 0.256 e. The number of pyridine rings is 1. The average Bonchev–Trinajstić information content (AvgIpc) is 2.28. The summed E-state index contributed by atoms with van der Waals surface area (Å²) in [6, 6.07) is 1.52. The number of rotatable bonds is 5. The highest BCUT2D eigenvalue weighted by Crippen LogP contribution is 2.09. The molecular weight excluding hydrogens is 228 g/mol. The predicted molar refractivity (Wildman–Crippen MR) is 72.8 cm³/mol. The van der Waals surface area contributed by atoms with Crippen LogP contribution in [0, 0.1) is 12.8 Å². The van der Waals surface area contributed by atoms with E-state index in [0.717, 1.165) is 18.5 Å². The molecule has 2 N–H and O–H groups in total. The number of hydrogen-bond acceptors (Lipinski definition) is 2. The number of hydrogen-bond donors (Lipinski definition) is 2. The van der Waals surface area contributed by atoms with E-state index in [1.165, 1.54) is 12.3 Å². The first-order valence-corrected chi connectivity index (χ1v) is 6.44. The minimum atomic E-state index is -0.299. The highest BCUT2D eigenvalue weighted by atomic mass is 16.2. The molecule has 0 saturated heterocycles. The fourth-order valence-electron chi connectivity index (χ4n) is 1.88. The van der Waals surface area contributed by atoms with E-state index in [0.29, 0.717) is 5.92 Å². The Morgan fingerprint density at radius 2 is 2.11 bits per heavy atom. The van der Waals surface area contributed by atoms with Crippen molar-refractivity contribution in [3.8, 4) is 0 Å². The zero-order valence-electron chi connectivity index (χ0n) is 11.5. The maximum absolute atomic E-state index is 11.9. The van der Waals surface area contributed by atoms with Crippen molar-refractivity contribution in [2.24, 2.45) is 5.92 Å². The van der Waals surface area contributed by atoms with E-state index in [-0.39, 0.29) is 22.9 Å². The summed E-state index contributed by atoms with van der Waals surface area (Å²) in [4.78, 5) is 26.5. The molecule has 0 aliphatic carbocycles. The van der Waals surface area contributed by atoms with Crippen LogP contribution in [-0.4, -0.2) is 16.9 Å². The Morgan fingerprint density at radius 3 is 2.67 bits per heavy atom. The molecule has 0 aliphatic heterocycles. The van der Waals surface area contributed by atoms with E-state index in [1.54, 1.807) is 6.92 Å². The molecule has 0 saturated carbocycles. The second-order valence-electron chi connectivity index (χ2n) is 5.02. The van der Waals surface area contributed by atoms with Gasteiger partial charge in [-0.1, -0.05) is 20.3 Å². The molecule has 1 aromatic heterocycles. The molecule has 0 fully saturated rings. The molecule has 1 amide bonds. The molecule has 1 aromatic rings. The topological polar surface area (TPSA) is 62.0 Å². The Kier molecular flexibility index (Phi) is 5.13. The third-order valence-corrected chi connectivity index (χ3v) is 3.13. The van der Waals surface area contributed by atoms with Gasteiger partial charge in [-0.05, 0) is 26.2 Å². The van der Waals surface area contributed by atoms with Crippen LogP contribution in [-0.2, 0) is 0 Å². The molecular formula is C14H22N2O2. The molecule has 0 aromatic carbocycles. The number of amides is 1. The van der Waals surface area contributed by atoms with Crippen molar-refractivity contribution >= 4 is 5.91 Å². The fourth-order valence-corrected chi connectivity index (χ4v) is 1.88. The van der Waals surface area contributed by atoms with Gasteiger partial charge in [-0.3, -0.25) is 9.59 Å². The number of aromatic amines is 1. The summed E-state index contributed by atoms with van der Waals surface area (Å²) < 4.78 is 0. The lowest BCUT2D eigenvalue weighted by Crippen LogP contribution is -2.36. The predicted octanol–water partition coefficient (Wildman–Crippen LogP) is 2.24. The minimum Gasteiger partial charge on any atom is -0.364 e. The molecule has 0 unspecified atom stereocenters. The summed E-state index contributed by atoms with van der Waals surface area (Å²) >= 11 is 0. The van der Waals surface area contributed by atoms with Crippen LogP contribution in [0.15, 0.2) is 17.1 Å². The highest BCUT2D eigenvalue weighted by molar-refractivity contribution is 5.93. The van der Waals surface area contributed by atoms with Crippen LogP contribution in [0.5, 0.6) is 0 Å². The largest absolute Gasteiger partial charge is 0.364 e. The molecule has 4 nitrogen and oxygen atoms in total. The zero-order chi connectivity index (χ0) is 13.7. The van der Waals surface area contributed by atoms with E-state index in [1.807, 2.05) is 6.92 Å². The molecule has 0 bridgehead atoms. The SMILES string of the molecule is CC[C@@H](C)C[C@@H](C)NC(=O)c1c[nH]c(C)cc1=O. The first kappa shape index (κ1) is 14.5. The van der Waals surface area contributed by atoms with Gasteiger partial charge in [-0.25, -0.2) is 0 Å². The van der Waals surface area contributed by atoms with Crippen molar-refractivity contribution in [3.05, 3.63) is 33.7 Å². The zero-order valence-corrected chi connectivity index (χ0v) is 11.5. The van der Waals surface area contributed by atoms with Crippen LogP contribution in [0.1, 0.15) is 49.7 Å². The Hall–Kier alpha value is -1.58. The van der Waals surface area contributed by atoms with Gasteiger partial charge in [0.15, 0.2) is 5.43 Å². The van der Waals surface area contributed by atoms with E-state index < -0.39 is 0 Å². The van der Waals surface area contributed by atoms with Gasteiger partial charge in [-0.15, -0.1) is 0 Å². The minimum absolute atomic E-state index is 0.0770. The fraction of sp³-hybridized carbons (Fsp3) is 0.571. The van der Waals surface area contributed by atoms with Gasteiger partial charge in [0.2, 0.25) is 0 Å². The smallest absolute Gasteiger partial charge is 0.256 e. The first-order chi connectivity index (χ1) is 8.43. The lowest BCUT2D eigenvalue weighted by molar-refractivity contribution is 0.0934. The van der Waals surface area contributed by atoms with E-state index in [9.17, 15) is 9.59 Å². The molecule has 4 heteroatoms. The Balaban J connectivity index is 2.68.